The van der Waals surface area contributed by atoms with Crippen molar-refractivity contribution in [3.63, 3.8) is 0 Å². The van der Waals surface area contributed by atoms with E-state index >= 15 is 0 Å². The van der Waals surface area contributed by atoms with Crippen LogP contribution >= 0.6 is 0 Å². The highest BCUT2D eigenvalue weighted by molar-refractivity contribution is 5.69. The fourth-order valence-corrected chi connectivity index (χ4v) is 5.37. The van der Waals surface area contributed by atoms with Gasteiger partial charge in [0.1, 0.15) is 19.3 Å². The van der Waals surface area contributed by atoms with E-state index in [0.29, 0.717) is 23.7 Å². The number of fused-ring (bicyclic) bond motifs is 1. The van der Waals surface area contributed by atoms with Crippen LogP contribution in [-0.4, -0.2) is 36.4 Å². The van der Waals surface area contributed by atoms with Gasteiger partial charge in [0.05, 0.1) is 0 Å². The van der Waals surface area contributed by atoms with E-state index in [1.807, 2.05) is 0 Å². The second-order valence-electron chi connectivity index (χ2n) is 10.6. The summed E-state index contributed by atoms with van der Waals surface area (Å²) in [4.78, 5) is 22.9. The Morgan fingerprint density at radius 2 is 1.87 bits per heavy atom. The van der Waals surface area contributed by atoms with Gasteiger partial charge in [-0.15, -0.1) is 0 Å². The summed E-state index contributed by atoms with van der Waals surface area (Å²) in [6, 6.07) is 0. The molecule has 0 aromatic heterocycles. The van der Waals surface area contributed by atoms with E-state index in [4.69, 9.17) is 9.47 Å². The van der Waals surface area contributed by atoms with E-state index in [0.717, 1.165) is 12.8 Å². The molecule has 5 atom stereocenters. The van der Waals surface area contributed by atoms with E-state index in [9.17, 15) is 14.7 Å². The largest absolute Gasteiger partial charge is 0.463 e. The Labute approximate surface area is 182 Å². The minimum absolute atomic E-state index is 0.142. The lowest BCUT2D eigenvalue weighted by Gasteiger charge is -2.53. The highest BCUT2D eigenvalue weighted by Crippen LogP contribution is 2.58. The molecule has 2 aliphatic carbocycles. The Kier molecular flexibility index (Phi) is 8.55. The van der Waals surface area contributed by atoms with Crippen LogP contribution in [0, 0.1) is 28.6 Å². The molecule has 0 amide bonds. The van der Waals surface area contributed by atoms with Gasteiger partial charge >= 0.3 is 11.9 Å². The maximum atomic E-state index is 12.2. The standard InChI is InChI=1S/C25H42O5/c1-17(14-23(28)30-16-20(27)15-29-19(3)26)11-13-25(6)18(2)9-10-21-22(25)8-7-12-24(21,4)5/h8,17-18,20-21,27H,7,9-16H2,1-6H3/t17-,18-,20+,21-,25-/m1/s1. The lowest BCUT2D eigenvalue weighted by atomic mass is 9.52. The topological polar surface area (TPSA) is 72.8 Å². The van der Waals surface area contributed by atoms with Crippen molar-refractivity contribution in [3.05, 3.63) is 11.6 Å². The number of rotatable bonds is 9. The number of carbonyl (C=O) groups excluding carboxylic acids is 2. The molecule has 5 nitrogen and oxygen atoms in total. The maximum absolute atomic E-state index is 12.2. The van der Waals surface area contributed by atoms with Crippen molar-refractivity contribution < 1.29 is 24.2 Å². The van der Waals surface area contributed by atoms with Gasteiger partial charge in [-0.25, -0.2) is 0 Å². The zero-order valence-corrected chi connectivity index (χ0v) is 19.8. The molecule has 0 heterocycles. The molecule has 2 rings (SSSR count). The van der Waals surface area contributed by atoms with Gasteiger partial charge in [0, 0.05) is 13.3 Å². The van der Waals surface area contributed by atoms with Crippen LogP contribution < -0.4 is 0 Å². The summed E-state index contributed by atoms with van der Waals surface area (Å²) >= 11 is 0. The molecular weight excluding hydrogens is 380 g/mol. The maximum Gasteiger partial charge on any atom is 0.306 e. The first kappa shape index (κ1) is 24.9. The first-order chi connectivity index (χ1) is 14.0. The number of aliphatic hydroxyl groups excluding tert-OH is 1. The summed E-state index contributed by atoms with van der Waals surface area (Å²) in [6.07, 6.45) is 9.00. The smallest absolute Gasteiger partial charge is 0.306 e. The van der Waals surface area contributed by atoms with Gasteiger partial charge in [-0.1, -0.05) is 46.3 Å². The third-order valence-corrected chi connectivity index (χ3v) is 7.69. The molecule has 30 heavy (non-hydrogen) atoms. The fourth-order valence-electron chi connectivity index (χ4n) is 5.37. The van der Waals surface area contributed by atoms with Crippen molar-refractivity contribution in [2.75, 3.05) is 13.2 Å². The minimum Gasteiger partial charge on any atom is -0.463 e. The number of esters is 2. The number of aliphatic hydroxyl groups is 1. The molecule has 0 aromatic rings. The van der Waals surface area contributed by atoms with E-state index in [1.54, 1.807) is 5.57 Å². The second-order valence-corrected chi connectivity index (χ2v) is 10.6. The summed E-state index contributed by atoms with van der Waals surface area (Å²) in [6.45, 7) is 12.8. The Hall–Kier alpha value is -1.36. The number of carbonyl (C=O) groups is 2. The van der Waals surface area contributed by atoms with Crippen molar-refractivity contribution >= 4 is 11.9 Å². The van der Waals surface area contributed by atoms with Crippen molar-refractivity contribution in [2.24, 2.45) is 28.6 Å². The van der Waals surface area contributed by atoms with Crippen molar-refractivity contribution in [3.8, 4) is 0 Å². The van der Waals surface area contributed by atoms with Crippen LogP contribution in [0.2, 0.25) is 0 Å². The SMILES string of the molecule is CC(=O)OC[C@H](O)COC(=O)C[C@H](C)CC[C@@]1(C)C2=CCCC(C)(C)[C@@H]2CC[C@H]1C. The number of hydrogen-bond acceptors (Lipinski definition) is 5. The number of ether oxygens (including phenoxy) is 2. The van der Waals surface area contributed by atoms with Crippen LogP contribution in [0.3, 0.4) is 0 Å². The molecule has 0 aromatic carbocycles. The van der Waals surface area contributed by atoms with Crippen LogP contribution in [0.25, 0.3) is 0 Å². The molecular formula is C25H42O5. The lowest BCUT2D eigenvalue weighted by molar-refractivity contribution is -0.151. The van der Waals surface area contributed by atoms with E-state index < -0.39 is 12.1 Å². The van der Waals surface area contributed by atoms with E-state index in [-0.39, 0.29) is 30.5 Å². The Morgan fingerprint density at radius 1 is 1.20 bits per heavy atom. The molecule has 5 heteroatoms. The Bertz CT molecular complexity index is 637. The van der Waals surface area contributed by atoms with Crippen molar-refractivity contribution in [1.29, 1.82) is 0 Å². The first-order valence-corrected chi connectivity index (χ1v) is 11.6. The zero-order valence-electron chi connectivity index (χ0n) is 19.8. The summed E-state index contributed by atoms with van der Waals surface area (Å²) < 4.78 is 9.88. The Morgan fingerprint density at radius 3 is 2.53 bits per heavy atom. The van der Waals surface area contributed by atoms with Crippen molar-refractivity contribution in [1.82, 2.24) is 0 Å². The van der Waals surface area contributed by atoms with E-state index in [2.05, 4.69) is 40.7 Å². The molecule has 0 radical (unpaired) electrons. The molecule has 0 bridgehead atoms. The fraction of sp³-hybridized carbons (Fsp3) is 0.840. The average Bonchev–Trinajstić information content (AvgIpc) is 2.66. The highest BCUT2D eigenvalue weighted by Gasteiger charge is 2.47. The van der Waals surface area contributed by atoms with Gasteiger partial charge < -0.3 is 14.6 Å². The zero-order chi connectivity index (χ0) is 22.5. The summed E-state index contributed by atoms with van der Waals surface area (Å²) in [5.41, 5.74) is 2.26. The molecule has 2 aliphatic rings. The second kappa shape index (κ2) is 10.3. The van der Waals surface area contributed by atoms with Gasteiger partial charge in [-0.3, -0.25) is 9.59 Å². The molecule has 0 spiro atoms. The molecule has 1 saturated carbocycles. The number of hydrogen-bond donors (Lipinski definition) is 1. The molecule has 1 N–H and O–H groups in total. The first-order valence-electron chi connectivity index (χ1n) is 11.6. The quantitative estimate of drug-likeness (QED) is 0.415. The summed E-state index contributed by atoms with van der Waals surface area (Å²) in [5, 5.41) is 9.71. The van der Waals surface area contributed by atoms with Crippen molar-refractivity contribution in [2.45, 2.75) is 92.6 Å². The van der Waals surface area contributed by atoms with Gasteiger partial charge in [0.25, 0.3) is 0 Å². The van der Waals surface area contributed by atoms with Crippen LogP contribution in [0.5, 0.6) is 0 Å². The van der Waals surface area contributed by atoms with Crippen LogP contribution in [0.4, 0.5) is 0 Å². The predicted octanol–water partition coefficient (Wildman–Crippen LogP) is 5.06. The monoisotopic (exact) mass is 422 g/mol. The van der Waals surface area contributed by atoms with E-state index in [1.165, 1.54) is 32.6 Å². The normalized spacial score (nSPS) is 29.9. The van der Waals surface area contributed by atoms with Gasteiger partial charge in [0.15, 0.2) is 0 Å². The van der Waals surface area contributed by atoms with Gasteiger partial charge in [-0.2, -0.15) is 0 Å². The predicted molar refractivity (Wildman–Crippen MR) is 118 cm³/mol. The third-order valence-electron chi connectivity index (χ3n) is 7.69. The average molecular weight is 423 g/mol. The highest BCUT2D eigenvalue weighted by atomic mass is 16.6. The minimum atomic E-state index is -0.978. The van der Waals surface area contributed by atoms with Gasteiger partial charge in [-0.05, 0) is 67.1 Å². The molecule has 172 valence electrons. The molecule has 0 unspecified atom stereocenters. The van der Waals surface area contributed by atoms with Crippen LogP contribution in [0.15, 0.2) is 11.6 Å². The molecule has 1 fully saturated rings. The summed E-state index contributed by atoms with van der Waals surface area (Å²) in [7, 11) is 0. The molecule has 0 aliphatic heterocycles. The lowest BCUT2D eigenvalue weighted by Crippen LogP contribution is -2.43. The third kappa shape index (κ3) is 6.32. The Balaban J connectivity index is 1.85. The molecule has 0 saturated heterocycles. The van der Waals surface area contributed by atoms with Crippen LogP contribution in [0.1, 0.15) is 86.5 Å². The van der Waals surface area contributed by atoms with Crippen LogP contribution in [-0.2, 0) is 19.1 Å². The summed E-state index contributed by atoms with van der Waals surface area (Å²) in [5.74, 6) is 0.806. The van der Waals surface area contributed by atoms with Gasteiger partial charge in [0.2, 0.25) is 0 Å². The number of allylic oxidation sites excluding steroid dienone is 2.